The Labute approximate surface area is 48.6 Å². The van der Waals surface area contributed by atoms with Crippen LogP contribution < -0.4 is 5.69 Å². The van der Waals surface area contributed by atoms with Gasteiger partial charge in [0.25, 0.3) is 11.8 Å². The molecule has 9 heavy (non-hydrogen) atoms. The fourth-order valence-corrected chi connectivity index (χ4v) is 0.407. The van der Waals surface area contributed by atoms with Gasteiger partial charge in [-0.15, -0.1) is 0 Å². The van der Waals surface area contributed by atoms with E-state index in [4.69, 9.17) is 15.4 Å². The molecular weight excluding hydrogens is 128 g/mol. The molecule has 0 aliphatic carbocycles. The van der Waals surface area contributed by atoms with Crippen LogP contribution in [0.25, 0.3) is 0 Å². The van der Waals surface area contributed by atoms with E-state index in [9.17, 15) is 4.79 Å². The molecule has 0 radical (unpaired) electrons. The summed E-state index contributed by atoms with van der Waals surface area (Å²) < 4.78 is -0.102. The van der Waals surface area contributed by atoms with Crippen molar-refractivity contribution in [2.24, 2.45) is 0 Å². The van der Waals surface area contributed by atoms with E-state index >= 15 is 0 Å². The Balaban J connectivity index is 3.47. The van der Waals surface area contributed by atoms with Crippen molar-refractivity contribution in [3.05, 3.63) is 10.5 Å². The van der Waals surface area contributed by atoms with Crippen molar-refractivity contribution < 1.29 is 15.4 Å². The molecule has 0 bridgehead atoms. The van der Waals surface area contributed by atoms with E-state index in [0.29, 0.717) is 0 Å². The third-order valence-corrected chi connectivity index (χ3v) is 0.830. The van der Waals surface area contributed by atoms with E-state index < -0.39 is 17.4 Å². The molecule has 6 heteroatoms. The summed E-state index contributed by atoms with van der Waals surface area (Å²) in [5, 5.41) is 25.3. The lowest BCUT2D eigenvalue weighted by atomic mass is 10.8. The summed E-state index contributed by atoms with van der Waals surface area (Å²) in [5.74, 6) is -1.64. The highest BCUT2D eigenvalue weighted by atomic mass is 16.5. The monoisotopic (exact) mass is 132 g/mol. The van der Waals surface area contributed by atoms with E-state index in [1.807, 2.05) is 0 Å². The summed E-state index contributed by atoms with van der Waals surface area (Å²) in [6.45, 7) is 0. The summed E-state index contributed by atoms with van der Waals surface area (Å²) in [5.41, 5.74) is -0.981. The molecule has 0 unspecified atom stereocenters. The van der Waals surface area contributed by atoms with E-state index in [1.54, 1.807) is 4.98 Å². The number of H-pyrrole nitrogens is 1. The van der Waals surface area contributed by atoms with Crippen LogP contribution in [0, 0.1) is 0 Å². The third kappa shape index (κ3) is 0.600. The molecule has 0 aliphatic heterocycles. The molecule has 50 valence electrons. The largest absolute Gasteiger partial charge is 0.491 e. The van der Waals surface area contributed by atoms with Crippen molar-refractivity contribution in [2.75, 3.05) is 0 Å². The lowest BCUT2D eigenvalue weighted by Gasteiger charge is -1.86. The topological polar surface area (TPSA) is 98.5 Å². The standard InChI is InChI=1S/C3H4N2O4/c6-1-2(7)5(9)3(8)4-1/h6-7,9H,(H,4,8). The summed E-state index contributed by atoms with van der Waals surface area (Å²) in [6, 6.07) is 0. The second-order valence-corrected chi connectivity index (χ2v) is 1.41. The number of hydrogen-bond donors (Lipinski definition) is 4. The first-order chi connectivity index (χ1) is 4.13. The normalized spacial score (nSPS) is 9.78. The van der Waals surface area contributed by atoms with Crippen LogP contribution >= 0.6 is 0 Å². The van der Waals surface area contributed by atoms with Gasteiger partial charge < -0.3 is 15.4 Å². The minimum Gasteiger partial charge on any atom is -0.491 e. The summed E-state index contributed by atoms with van der Waals surface area (Å²) >= 11 is 0. The third-order valence-electron chi connectivity index (χ3n) is 0.830. The van der Waals surface area contributed by atoms with E-state index in [-0.39, 0.29) is 4.73 Å². The Morgan fingerprint density at radius 3 is 2.11 bits per heavy atom. The molecule has 0 fully saturated rings. The maximum absolute atomic E-state index is 10.2. The maximum Gasteiger partial charge on any atom is 0.364 e. The first-order valence-corrected chi connectivity index (χ1v) is 2.05. The van der Waals surface area contributed by atoms with Gasteiger partial charge in [-0.3, -0.25) is 4.98 Å². The van der Waals surface area contributed by atoms with Gasteiger partial charge in [-0.25, -0.2) is 4.79 Å². The van der Waals surface area contributed by atoms with Crippen molar-refractivity contribution >= 4 is 0 Å². The predicted molar refractivity (Wildman–Crippen MR) is 25.6 cm³/mol. The van der Waals surface area contributed by atoms with Crippen LogP contribution in [0.1, 0.15) is 0 Å². The summed E-state index contributed by atoms with van der Waals surface area (Å²) in [7, 11) is 0. The van der Waals surface area contributed by atoms with Gasteiger partial charge in [-0.2, -0.15) is 0 Å². The van der Waals surface area contributed by atoms with Gasteiger partial charge in [-0.1, -0.05) is 4.73 Å². The van der Waals surface area contributed by atoms with Crippen LogP contribution in [0.3, 0.4) is 0 Å². The molecule has 6 nitrogen and oxygen atoms in total. The van der Waals surface area contributed by atoms with Crippen molar-refractivity contribution in [3.63, 3.8) is 0 Å². The number of nitrogens with zero attached hydrogens (tertiary/aromatic N) is 1. The first kappa shape index (κ1) is 5.54. The molecule has 0 atom stereocenters. The molecule has 1 aromatic heterocycles. The Morgan fingerprint density at radius 2 is 2.00 bits per heavy atom. The lowest BCUT2D eigenvalue weighted by molar-refractivity contribution is 0.144. The molecule has 0 saturated carbocycles. The minimum atomic E-state index is -0.981. The maximum atomic E-state index is 10.2. The minimum absolute atomic E-state index is 0.102. The summed E-state index contributed by atoms with van der Waals surface area (Å²) in [4.78, 5) is 11.9. The zero-order chi connectivity index (χ0) is 7.02. The van der Waals surface area contributed by atoms with Gasteiger partial charge in [-0.05, 0) is 0 Å². The van der Waals surface area contributed by atoms with Crippen molar-refractivity contribution in [2.45, 2.75) is 0 Å². The number of imidazole rings is 1. The van der Waals surface area contributed by atoms with Crippen LogP contribution in [0.2, 0.25) is 0 Å². The Morgan fingerprint density at radius 1 is 1.44 bits per heavy atom. The highest BCUT2D eigenvalue weighted by molar-refractivity contribution is 5.21. The number of nitrogens with one attached hydrogen (secondary N) is 1. The van der Waals surface area contributed by atoms with E-state index in [1.165, 1.54) is 0 Å². The molecule has 1 rings (SSSR count). The molecule has 0 saturated heterocycles. The molecule has 0 amide bonds. The molecular formula is C3H4N2O4. The predicted octanol–water partition coefficient (Wildman–Crippen LogP) is -1.18. The SMILES string of the molecule is O=c1[nH]c(O)c(O)n1O. The van der Waals surface area contributed by atoms with Crippen LogP contribution in [0.4, 0.5) is 0 Å². The highest BCUT2D eigenvalue weighted by Gasteiger charge is 2.08. The van der Waals surface area contributed by atoms with Gasteiger partial charge in [0, 0.05) is 0 Å². The second-order valence-electron chi connectivity index (χ2n) is 1.41. The van der Waals surface area contributed by atoms with Crippen LogP contribution in [-0.2, 0) is 0 Å². The number of aromatic hydroxyl groups is 2. The molecule has 4 N–H and O–H groups in total. The van der Waals surface area contributed by atoms with Crippen LogP contribution in [-0.4, -0.2) is 25.1 Å². The van der Waals surface area contributed by atoms with Gasteiger partial charge in [0.05, 0.1) is 0 Å². The van der Waals surface area contributed by atoms with Crippen LogP contribution in [0.15, 0.2) is 4.79 Å². The Hall–Kier alpha value is -1.59. The Kier molecular flexibility index (Phi) is 0.888. The van der Waals surface area contributed by atoms with Gasteiger partial charge >= 0.3 is 5.69 Å². The zero-order valence-corrected chi connectivity index (χ0v) is 4.20. The molecule has 1 heterocycles. The van der Waals surface area contributed by atoms with Gasteiger partial charge in [0.1, 0.15) is 0 Å². The van der Waals surface area contributed by atoms with Crippen molar-refractivity contribution in [1.29, 1.82) is 0 Å². The van der Waals surface area contributed by atoms with Crippen molar-refractivity contribution in [3.8, 4) is 11.8 Å². The smallest absolute Gasteiger partial charge is 0.364 e. The number of hydrogen-bond acceptors (Lipinski definition) is 4. The van der Waals surface area contributed by atoms with Crippen LogP contribution in [0.5, 0.6) is 11.8 Å². The average molecular weight is 132 g/mol. The number of rotatable bonds is 0. The van der Waals surface area contributed by atoms with Gasteiger partial charge in [0.2, 0.25) is 0 Å². The zero-order valence-electron chi connectivity index (χ0n) is 4.20. The molecule has 1 aromatic rings. The fourth-order valence-electron chi connectivity index (χ4n) is 0.407. The van der Waals surface area contributed by atoms with E-state index in [0.717, 1.165) is 0 Å². The number of aromatic amines is 1. The average Bonchev–Trinajstić information content (AvgIpc) is 1.98. The molecule has 0 aliphatic rings. The van der Waals surface area contributed by atoms with Gasteiger partial charge in [0.15, 0.2) is 0 Å². The molecule has 0 spiro atoms. The number of aromatic nitrogens is 2. The van der Waals surface area contributed by atoms with Crippen molar-refractivity contribution in [1.82, 2.24) is 9.71 Å². The highest BCUT2D eigenvalue weighted by Crippen LogP contribution is 2.15. The fraction of sp³-hybridized carbons (Fsp3) is 0. The Bertz CT molecular complexity index is 272. The second kappa shape index (κ2) is 1.44. The first-order valence-electron chi connectivity index (χ1n) is 2.05. The quantitative estimate of drug-likeness (QED) is 0.334. The summed E-state index contributed by atoms with van der Waals surface area (Å²) in [6.07, 6.45) is 0. The van der Waals surface area contributed by atoms with E-state index in [2.05, 4.69) is 0 Å². The lowest BCUT2D eigenvalue weighted by Crippen LogP contribution is -2.12. The molecule has 0 aromatic carbocycles.